The average molecular weight is 378 g/mol. The monoisotopic (exact) mass is 378 g/mol. The summed E-state index contributed by atoms with van der Waals surface area (Å²) >= 11 is 0. The van der Waals surface area contributed by atoms with E-state index in [1.807, 2.05) is 24.3 Å². The van der Waals surface area contributed by atoms with Crippen LogP contribution in [-0.2, 0) is 0 Å². The van der Waals surface area contributed by atoms with Gasteiger partial charge in [0.2, 0.25) is 0 Å². The Balaban J connectivity index is 1.69. The lowest BCUT2D eigenvalue weighted by Crippen LogP contribution is -2.21. The van der Waals surface area contributed by atoms with Gasteiger partial charge in [0, 0.05) is 41.9 Å². The molecule has 0 spiro atoms. The number of pyridine rings is 1. The van der Waals surface area contributed by atoms with Gasteiger partial charge in [-0.05, 0) is 68.4 Å². The topological polar surface area (TPSA) is 57.3 Å². The van der Waals surface area contributed by atoms with Crippen LogP contribution >= 0.6 is 0 Å². The minimum Gasteiger partial charge on any atom is -0.372 e. The number of aromatic nitrogens is 1. The van der Waals surface area contributed by atoms with Crippen molar-refractivity contribution >= 4 is 28.8 Å². The zero-order chi connectivity index (χ0) is 19.9. The Morgan fingerprint density at radius 2 is 1.75 bits per heavy atom. The number of benzene rings is 2. The maximum Gasteiger partial charge on any atom is 0.255 e. The fourth-order valence-corrected chi connectivity index (χ4v) is 2.90. The number of nitrogens with zero attached hydrogens (tertiary/aromatic N) is 2. The summed E-state index contributed by atoms with van der Waals surface area (Å²) in [7, 11) is 0. The van der Waals surface area contributed by atoms with E-state index in [2.05, 4.69) is 34.4 Å². The number of hydrogen-bond donors (Lipinski definition) is 2. The van der Waals surface area contributed by atoms with Crippen molar-refractivity contribution < 1.29 is 9.18 Å². The van der Waals surface area contributed by atoms with Crippen LogP contribution in [0.2, 0.25) is 0 Å². The van der Waals surface area contributed by atoms with Crippen LogP contribution in [0, 0.1) is 5.82 Å². The molecule has 0 saturated heterocycles. The van der Waals surface area contributed by atoms with Crippen molar-refractivity contribution in [2.75, 3.05) is 28.6 Å². The highest BCUT2D eigenvalue weighted by atomic mass is 19.1. The van der Waals surface area contributed by atoms with Crippen molar-refractivity contribution in [3.05, 3.63) is 78.2 Å². The van der Waals surface area contributed by atoms with E-state index in [1.165, 1.54) is 12.1 Å². The van der Waals surface area contributed by atoms with Gasteiger partial charge in [-0.1, -0.05) is 6.07 Å². The highest BCUT2D eigenvalue weighted by molar-refractivity contribution is 6.04. The predicted octanol–water partition coefficient (Wildman–Crippen LogP) is 5.06. The van der Waals surface area contributed by atoms with Gasteiger partial charge in [0.05, 0.1) is 0 Å². The van der Waals surface area contributed by atoms with E-state index in [4.69, 9.17) is 0 Å². The van der Waals surface area contributed by atoms with Crippen LogP contribution < -0.4 is 15.5 Å². The third-order valence-corrected chi connectivity index (χ3v) is 4.37. The van der Waals surface area contributed by atoms with Gasteiger partial charge in [0.15, 0.2) is 0 Å². The number of carbonyl (C=O) groups excluding carboxylic acids is 1. The first-order valence-corrected chi connectivity index (χ1v) is 9.24. The lowest BCUT2D eigenvalue weighted by atomic mass is 10.2. The second-order valence-corrected chi connectivity index (χ2v) is 6.24. The second kappa shape index (κ2) is 8.99. The molecule has 5 nitrogen and oxygen atoms in total. The van der Waals surface area contributed by atoms with Gasteiger partial charge in [-0.25, -0.2) is 9.37 Å². The van der Waals surface area contributed by atoms with E-state index >= 15 is 0 Å². The van der Waals surface area contributed by atoms with Crippen molar-refractivity contribution in [2.24, 2.45) is 0 Å². The third kappa shape index (κ3) is 4.85. The van der Waals surface area contributed by atoms with E-state index in [1.54, 1.807) is 30.5 Å². The summed E-state index contributed by atoms with van der Waals surface area (Å²) < 4.78 is 13.3. The molecule has 0 fully saturated rings. The van der Waals surface area contributed by atoms with Crippen LogP contribution in [0.3, 0.4) is 0 Å². The molecule has 0 unspecified atom stereocenters. The molecule has 1 heterocycles. The third-order valence-electron chi connectivity index (χ3n) is 4.37. The largest absolute Gasteiger partial charge is 0.372 e. The average Bonchev–Trinajstić information content (AvgIpc) is 2.70. The number of anilines is 4. The Morgan fingerprint density at radius 1 is 1.00 bits per heavy atom. The summed E-state index contributed by atoms with van der Waals surface area (Å²) in [6.07, 6.45) is 1.54. The van der Waals surface area contributed by atoms with E-state index in [-0.39, 0.29) is 11.7 Å². The van der Waals surface area contributed by atoms with Gasteiger partial charge in [-0.2, -0.15) is 0 Å². The number of hydrogen-bond acceptors (Lipinski definition) is 4. The van der Waals surface area contributed by atoms with Crippen LogP contribution in [0.15, 0.2) is 66.9 Å². The maximum absolute atomic E-state index is 13.3. The zero-order valence-electron chi connectivity index (χ0n) is 15.9. The van der Waals surface area contributed by atoms with Crippen LogP contribution in [0.25, 0.3) is 0 Å². The summed E-state index contributed by atoms with van der Waals surface area (Å²) in [4.78, 5) is 19.0. The summed E-state index contributed by atoms with van der Waals surface area (Å²) in [6, 6.07) is 17.1. The smallest absolute Gasteiger partial charge is 0.255 e. The van der Waals surface area contributed by atoms with E-state index in [9.17, 15) is 9.18 Å². The number of halogens is 1. The molecule has 3 aromatic rings. The summed E-state index contributed by atoms with van der Waals surface area (Å²) in [5, 5.41) is 5.89. The van der Waals surface area contributed by atoms with Gasteiger partial charge >= 0.3 is 0 Å². The molecular formula is C22H23FN4O. The molecule has 2 N–H and O–H groups in total. The molecule has 0 saturated carbocycles. The van der Waals surface area contributed by atoms with Gasteiger partial charge < -0.3 is 15.5 Å². The standard InChI is InChI=1S/C22H23FN4O/c1-3-27(4-2)20-10-8-18(9-11-20)26-22(28)16-12-13-24-21(14-16)25-19-7-5-6-17(23)15-19/h5-15H,3-4H2,1-2H3,(H,24,25)(H,26,28). The quantitative estimate of drug-likeness (QED) is 0.603. The van der Waals surface area contributed by atoms with Crippen LogP contribution in [0.1, 0.15) is 24.2 Å². The molecule has 1 amide bonds. The lowest BCUT2D eigenvalue weighted by molar-refractivity contribution is 0.102. The summed E-state index contributed by atoms with van der Waals surface area (Å²) in [6.45, 7) is 6.08. The molecule has 1 aromatic heterocycles. The second-order valence-electron chi connectivity index (χ2n) is 6.24. The minimum atomic E-state index is -0.341. The molecule has 6 heteroatoms. The Hall–Kier alpha value is -3.41. The molecule has 0 atom stereocenters. The molecule has 28 heavy (non-hydrogen) atoms. The van der Waals surface area contributed by atoms with Gasteiger partial charge in [-0.15, -0.1) is 0 Å². The number of nitrogens with one attached hydrogen (secondary N) is 2. The first-order valence-electron chi connectivity index (χ1n) is 9.24. The number of amides is 1. The molecule has 0 radical (unpaired) electrons. The molecule has 0 aliphatic heterocycles. The molecule has 0 aliphatic carbocycles. The normalized spacial score (nSPS) is 10.4. The van der Waals surface area contributed by atoms with Crippen LogP contribution in [-0.4, -0.2) is 24.0 Å². The lowest BCUT2D eigenvalue weighted by Gasteiger charge is -2.21. The fourth-order valence-electron chi connectivity index (χ4n) is 2.90. The van der Waals surface area contributed by atoms with Gasteiger partial charge in [0.25, 0.3) is 5.91 Å². The molecule has 0 aliphatic rings. The first-order chi connectivity index (χ1) is 13.6. The molecule has 0 bridgehead atoms. The van der Waals surface area contributed by atoms with Crippen LogP contribution in [0.4, 0.5) is 27.3 Å². The molecular weight excluding hydrogens is 355 g/mol. The Labute approximate surface area is 164 Å². The zero-order valence-corrected chi connectivity index (χ0v) is 15.9. The van der Waals surface area contributed by atoms with Crippen molar-refractivity contribution in [3.63, 3.8) is 0 Å². The highest BCUT2D eigenvalue weighted by Crippen LogP contribution is 2.20. The fraction of sp³-hybridized carbons (Fsp3) is 0.182. The molecule has 3 rings (SSSR count). The van der Waals surface area contributed by atoms with E-state index < -0.39 is 0 Å². The predicted molar refractivity (Wildman–Crippen MR) is 112 cm³/mol. The van der Waals surface area contributed by atoms with Crippen molar-refractivity contribution in [1.29, 1.82) is 0 Å². The van der Waals surface area contributed by atoms with E-state index in [0.717, 1.165) is 24.5 Å². The Kier molecular flexibility index (Phi) is 6.22. The SMILES string of the molecule is CCN(CC)c1ccc(NC(=O)c2ccnc(Nc3cccc(F)c3)c2)cc1. The van der Waals surface area contributed by atoms with E-state index in [0.29, 0.717) is 17.1 Å². The molecule has 2 aromatic carbocycles. The highest BCUT2D eigenvalue weighted by Gasteiger charge is 2.09. The summed E-state index contributed by atoms with van der Waals surface area (Å²) in [5.41, 5.74) is 2.87. The Bertz CT molecular complexity index is 939. The first kappa shape index (κ1) is 19.4. The number of carbonyl (C=O) groups is 1. The maximum atomic E-state index is 13.3. The van der Waals surface area contributed by atoms with Crippen LogP contribution in [0.5, 0.6) is 0 Å². The Morgan fingerprint density at radius 3 is 2.43 bits per heavy atom. The number of rotatable bonds is 7. The summed E-state index contributed by atoms with van der Waals surface area (Å²) in [5.74, 6) is -0.109. The van der Waals surface area contributed by atoms with Crippen molar-refractivity contribution in [3.8, 4) is 0 Å². The van der Waals surface area contributed by atoms with Crippen molar-refractivity contribution in [2.45, 2.75) is 13.8 Å². The van der Waals surface area contributed by atoms with Gasteiger partial charge in [-0.3, -0.25) is 4.79 Å². The molecule has 144 valence electrons. The van der Waals surface area contributed by atoms with Gasteiger partial charge in [0.1, 0.15) is 11.6 Å². The minimum absolute atomic E-state index is 0.236. The van der Waals surface area contributed by atoms with Crippen molar-refractivity contribution in [1.82, 2.24) is 4.98 Å².